The first kappa shape index (κ1) is 19.9. The van der Waals surface area contributed by atoms with E-state index in [1.807, 2.05) is 0 Å². The first-order valence-corrected chi connectivity index (χ1v) is 7.62. The van der Waals surface area contributed by atoms with E-state index in [0.29, 0.717) is 5.96 Å². The maximum atomic E-state index is 5.99. The van der Waals surface area contributed by atoms with Crippen molar-refractivity contribution in [3.05, 3.63) is 0 Å². The van der Waals surface area contributed by atoms with E-state index in [9.17, 15) is 0 Å². The molecule has 1 saturated heterocycles. The maximum absolute atomic E-state index is 5.99. The van der Waals surface area contributed by atoms with E-state index < -0.39 is 0 Å². The van der Waals surface area contributed by atoms with Crippen LogP contribution in [0.5, 0.6) is 0 Å². The number of aliphatic imine (C=N–C) groups is 1. The summed E-state index contributed by atoms with van der Waals surface area (Å²) < 4.78 is 5.30. The van der Waals surface area contributed by atoms with Crippen molar-refractivity contribution < 1.29 is 4.74 Å². The van der Waals surface area contributed by atoms with Crippen molar-refractivity contribution in [1.82, 2.24) is 9.80 Å². The molecule has 0 bridgehead atoms. The maximum Gasteiger partial charge on any atom is 0.191 e. The van der Waals surface area contributed by atoms with Gasteiger partial charge in [0.1, 0.15) is 0 Å². The Balaban J connectivity index is 0.00000361. The first-order valence-electron chi connectivity index (χ1n) is 7.62. The molecule has 0 aromatic rings. The first-order chi connectivity index (χ1) is 9.27. The molecule has 1 rings (SSSR count). The highest BCUT2D eigenvalue weighted by molar-refractivity contribution is 14.0. The third-order valence-electron chi connectivity index (χ3n) is 3.32. The normalized spacial score (nSPS) is 16.4. The summed E-state index contributed by atoms with van der Waals surface area (Å²) >= 11 is 0. The number of halogens is 1. The Bertz CT molecular complexity index is 252. The molecule has 1 heterocycles. The van der Waals surface area contributed by atoms with E-state index in [1.54, 1.807) is 0 Å². The highest BCUT2D eigenvalue weighted by atomic mass is 127. The summed E-state index contributed by atoms with van der Waals surface area (Å²) in [5.74, 6) is 0.681. The molecule has 0 radical (unpaired) electrons. The molecule has 0 unspecified atom stereocenters. The smallest absolute Gasteiger partial charge is 0.191 e. The molecule has 6 heteroatoms. The molecule has 0 atom stereocenters. The predicted molar refractivity (Wildman–Crippen MR) is 95.9 cm³/mol. The molecule has 20 heavy (non-hydrogen) atoms. The molecule has 0 saturated carbocycles. The van der Waals surface area contributed by atoms with Crippen molar-refractivity contribution >= 4 is 29.9 Å². The van der Waals surface area contributed by atoms with E-state index in [-0.39, 0.29) is 24.0 Å². The van der Waals surface area contributed by atoms with Gasteiger partial charge >= 0.3 is 0 Å². The van der Waals surface area contributed by atoms with Crippen LogP contribution in [0.15, 0.2) is 4.99 Å². The van der Waals surface area contributed by atoms with Crippen LogP contribution in [0, 0.1) is 0 Å². The standard InChI is InChI=1S/C14H30N4O.HI/c1-3-7-17(8-4-2)9-5-6-16-14(15)18-10-12-19-13-11-18;/h3-13H2,1-2H3,(H2,15,16);1H. The molecule has 5 nitrogen and oxygen atoms in total. The number of ether oxygens (including phenoxy) is 1. The summed E-state index contributed by atoms with van der Waals surface area (Å²) in [6.07, 6.45) is 3.53. The van der Waals surface area contributed by atoms with Gasteiger partial charge in [0.05, 0.1) is 13.2 Å². The van der Waals surface area contributed by atoms with Gasteiger partial charge in [-0.25, -0.2) is 0 Å². The number of hydrogen-bond acceptors (Lipinski definition) is 3. The van der Waals surface area contributed by atoms with Gasteiger partial charge in [-0.15, -0.1) is 24.0 Å². The van der Waals surface area contributed by atoms with Crippen LogP contribution in [0.3, 0.4) is 0 Å². The van der Waals surface area contributed by atoms with E-state index in [4.69, 9.17) is 10.5 Å². The number of nitrogens with zero attached hydrogens (tertiary/aromatic N) is 3. The Labute approximate surface area is 140 Å². The SMILES string of the molecule is CCCN(CCC)CCCN=C(N)N1CCOCC1.I. The number of rotatable bonds is 8. The minimum atomic E-state index is 0. The molecule has 120 valence electrons. The molecule has 1 aliphatic heterocycles. The van der Waals surface area contributed by atoms with Crippen LogP contribution in [0.25, 0.3) is 0 Å². The molecule has 1 aliphatic rings. The van der Waals surface area contributed by atoms with Crippen molar-refractivity contribution in [3.63, 3.8) is 0 Å². The molecule has 0 aliphatic carbocycles. The monoisotopic (exact) mass is 398 g/mol. The predicted octanol–water partition coefficient (Wildman–Crippen LogP) is 1.76. The number of morpholine rings is 1. The van der Waals surface area contributed by atoms with Crippen LogP contribution in [0.2, 0.25) is 0 Å². The second kappa shape index (κ2) is 12.6. The van der Waals surface area contributed by atoms with Crippen molar-refractivity contribution in [1.29, 1.82) is 0 Å². The van der Waals surface area contributed by atoms with E-state index in [2.05, 4.69) is 28.6 Å². The summed E-state index contributed by atoms with van der Waals surface area (Å²) in [6.45, 7) is 12.1. The molecule has 0 amide bonds. The van der Waals surface area contributed by atoms with E-state index in [1.165, 1.54) is 25.9 Å². The molecular formula is C14H31IN4O. The highest BCUT2D eigenvalue weighted by Crippen LogP contribution is 1.99. The second-order valence-corrected chi connectivity index (χ2v) is 5.03. The molecular weight excluding hydrogens is 367 g/mol. The van der Waals surface area contributed by atoms with E-state index >= 15 is 0 Å². The van der Waals surface area contributed by atoms with Gasteiger partial charge in [0.15, 0.2) is 5.96 Å². The fourth-order valence-corrected chi connectivity index (χ4v) is 2.35. The minimum Gasteiger partial charge on any atom is -0.378 e. The Morgan fingerprint density at radius 2 is 1.75 bits per heavy atom. The number of guanidine groups is 1. The lowest BCUT2D eigenvalue weighted by molar-refractivity contribution is 0.0674. The molecule has 2 N–H and O–H groups in total. The van der Waals surface area contributed by atoms with Crippen LogP contribution in [0.1, 0.15) is 33.1 Å². The van der Waals surface area contributed by atoms with Crippen molar-refractivity contribution in [2.24, 2.45) is 10.7 Å². The summed E-state index contributed by atoms with van der Waals surface area (Å²) in [5.41, 5.74) is 5.99. The van der Waals surface area contributed by atoms with Crippen LogP contribution in [-0.2, 0) is 4.74 Å². The van der Waals surface area contributed by atoms with Crippen molar-refractivity contribution in [3.8, 4) is 0 Å². The average Bonchev–Trinajstić information content (AvgIpc) is 2.44. The van der Waals surface area contributed by atoms with E-state index in [0.717, 1.165) is 45.8 Å². The van der Waals surface area contributed by atoms with Crippen LogP contribution in [-0.4, -0.2) is 68.2 Å². The summed E-state index contributed by atoms with van der Waals surface area (Å²) in [5, 5.41) is 0. The van der Waals surface area contributed by atoms with Crippen molar-refractivity contribution in [2.75, 3.05) is 52.5 Å². The second-order valence-electron chi connectivity index (χ2n) is 5.03. The third kappa shape index (κ3) is 8.26. The van der Waals surface area contributed by atoms with Gasteiger partial charge in [-0.1, -0.05) is 13.8 Å². The Morgan fingerprint density at radius 3 is 2.30 bits per heavy atom. The van der Waals surface area contributed by atoms with Gasteiger partial charge < -0.3 is 20.3 Å². The molecule has 0 aromatic carbocycles. The lowest BCUT2D eigenvalue weighted by Crippen LogP contribution is -2.44. The quantitative estimate of drug-likeness (QED) is 0.293. The van der Waals surface area contributed by atoms with Gasteiger partial charge in [-0.2, -0.15) is 0 Å². The molecule has 1 fully saturated rings. The zero-order valence-corrected chi connectivity index (χ0v) is 15.3. The van der Waals surface area contributed by atoms with Gasteiger partial charge in [0.2, 0.25) is 0 Å². The third-order valence-corrected chi connectivity index (χ3v) is 3.32. The zero-order valence-electron chi connectivity index (χ0n) is 13.0. The van der Waals surface area contributed by atoms with Gasteiger partial charge in [-0.3, -0.25) is 4.99 Å². The van der Waals surface area contributed by atoms with Crippen LogP contribution < -0.4 is 5.73 Å². The average molecular weight is 398 g/mol. The Kier molecular flexibility index (Phi) is 12.6. The van der Waals surface area contributed by atoms with Gasteiger partial charge in [0.25, 0.3) is 0 Å². The van der Waals surface area contributed by atoms with Gasteiger partial charge in [0, 0.05) is 19.6 Å². The Hall–Kier alpha value is -0.0800. The largest absolute Gasteiger partial charge is 0.378 e. The molecule has 0 spiro atoms. The highest BCUT2D eigenvalue weighted by Gasteiger charge is 2.11. The lowest BCUT2D eigenvalue weighted by atomic mass is 10.3. The summed E-state index contributed by atoms with van der Waals surface area (Å²) in [7, 11) is 0. The topological polar surface area (TPSA) is 54.1 Å². The summed E-state index contributed by atoms with van der Waals surface area (Å²) in [6, 6.07) is 0. The Morgan fingerprint density at radius 1 is 1.15 bits per heavy atom. The van der Waals surface area contributed by atoms with Crippen LogP contribution in [0.4, 0.5) is 0 Å². The zero-order chi connectivity index (χ0) is 13.9. The fraction of sp³-hybridized carbons (Fsp3) is 0.929. The minimum absolute atomic E-state index is 0. The lowest BCUT2D eigenvalue weighted by Gasteiger charge is -2.27. The fourth-order valence-electron chi connectivity index (χ4n) is 2.35. The van der Waals surface area contributed by atoms with Crippen LogP contribution >= 0.6 is 24.0 Å². The summed E-state index contributed by atoms with van der Waals surface area (Å²) in [4.78, 5) is 9.10. The van der Waals surface area contributed by atoms with Crippen molar-refractivity contribution in [2.45, 2.75) is 33.1 Å². The van der Waals surface area contributed by atoms with Gasteiger partial charge in [-0.05, 0) is 38.9 Å². The molecule has 0 aromatic heterocycles. The number of nitrogens with two attached hydrogens (primary N) is 1. The number of hydrogen-bond donors (Lipinski definition) is 1.